The first kappa shape index (κ1) is 16.5. The van der Waals surface area contributed by atoms with Crippen LogP contribution in [0.15, 0.2) is 24.3 Å². The molecule has 6 nitrogen and oxygen atoms in total. The van der Waals surface area contributed by atoms with E-state index in [0.29, 0.717) is 12.0 Å². The van der Waals surface area contributed by atoms with E-state index in [0.717, 1.165) is 63.0 Å². The second-order valence-electron chi connectivity index (χ2n) is 6.91. The Morgan fingerprint density at radius 2 is 2.08 bits per heavy atom. The van der Waals surface area contributed by atoms with E-state index in [9.17, 15) is 0 Å². The number of nitrogens with zero attached hydrogens (tertiary/aromatic N) is 3. The molecule has 2 saturated heterocycles. The molecule has 0 aliphatic carbocycles. The molecular formula is C19H26N4O2. The Balaban J connectivity index is 1.49. The van der Waals surface area contributed by atoms with Gasteiger partial charge >= 0.3 is 0 Å². The number of likely N-dealkylation sites (tertiary alicyclic amines) is 1. The van der Waals surface area contributed by atoms with E-state index in [-0.39, 0.29) is 0 Å². The third-order valence-electron chi connectivity index (χ3n) is 5.35. The third-order valence-corrected chi connectivity index (χ3v) is 5.35. The fourth-order valence-corrected chi connectivity index (χ4v) is 3.95. The van der Waals surface area contributed by atoms with Gasteiger partial charge in [-0.1, -0.05) is 18.2 Å². The molecule has 0 bridgehead atoms. The molecule has 6 heteroatoms. The van der Waals surface area contributed by atoms with Crippen LogP contribution in [0.4, 0.5) is 0 Å². The third kappa shape index (κ3) is 3.55. The maximum atomic E-state index is 5.51. The number of methoxy groups -OCH3 is 1. The smallest absolute Gasteiger partial charge is 0.154 e. The van der Waals surface area contributed by atoms with Crippen molar-refractivity contribution in [2.75, 3.05) is 26.9 Å². The summed E-state index contributed by atoms with van der Waals surface area (Å²) in [6, 6.07) is 8.56. The van der Waals surface area contributed by atoms with Crippen LogP contribution in [0.3, 0.4) is 0 Å². The van der Waals surface area contributed by atoms with Gasteiger partial charge in [0.2, 0.25) is 0 Å². The van der Waals surface area contributed by atoms with E-state index in [4.69, 9.17) is 14.5 Å². The Morgan fingerprint density at radius 3 is 2.92 bits per heavy atom. The Hall–Kier alpha value is -1.92. The lowest BCUT2D eigenvalue weighted by molar-refractivity contribution is 0.0836. The maximum absolute atomic E-state index is 5.51. The Bertz CT molecular complexity index is 696. The number of hydrogen-bond donors (Lipinski definition) is 1. The molecule has 2 aliphatic rings. The molecule has 25 heavy (non-hydrogen) atoms. The SMILES string of the molecule is COc1ccccc1CN1CCC[C@H]1c1nc(C2CCOCC2)n[nH]1. The second kappa shape index (κ2) is 7.54. The Kier molecular flexibility index (Phi) is 4.99. The summed E-state index contributed by atoms with van der Waals surface area (Å²) in [7, 11) is 1.73. The molecule has 134 valence electrons. The number of nitrogens with one attached hydrogen (secondary N) is 1. The van der Waals surface area contributed by atoms with E-state index in [2.05, 4.69) is 27.2 Å². The highest BCUT2D eigenvalue weighted by Gasteiger charge is 2.30. The van der Waals surface area contributed by atoms with Crippen molar-refractivity contribution in [3.8, 4) is 5.75 Å². The normalized spacial score (nSPS) is 22.4. The zero-order chi connectivity index (χ0) is 17.1. The quantitative estimate of drug-likeness (QED) is 0.905. The van der Waals surface area contributed by atoms with Gasteiger partial charge in [0.15, 0.2) is 5.82 Å². The fraction of sp³-hybridized carbons (Fsp3) is 0.579. The minimum atomic E-state index is 0.311. The van der Waals surface area contributed by atoms with Crippen LogP contribution >= 0.6 is 0 Å². The van der Waals surface area contributed by atoms with Crippen LogP contribution in [-0.4, -0.2) is 46.9 Å². The summed E-state index contributed by atoms with van der Waals surface area (Å²) in [5, 5.41) is 7.73. The number of benzene rings is 1. The van der Waals surface area contributed by atoms with Crippen molar-refractivity contribution in [3.05, 3.63) is 41.5 Å². The first-order chi connectivity index (χ1) is 12.3. The van der Waals surface area contributed by atoms with Crippen LogP contribution < -0.4 is 4.74 Å². The molecule has 0 unspecified atom stereocenters. The van der Waals surface area contributed by atoms with Gasteiger partial charge in [-0.3, -0.25) is 10.00 Å². The summed E-state index contributed by atoms with van der Waals surface area (Å²) in [5.74, 6) is 3.35. The average Bonchev–Trinajstić information content (AvgIpc) is 3.32. The number of H-pyrrole nitrogens is 1. The van der Waals surface area contributed by atoms with Gasteiger partial charge in [-0.15, -0.1) is 0 Å². The van der Waals surface area contributed by atoms with Gasteiger partial charge in [0.25, 0.3) is 0 Å². The lowest BCUT2D eigenvalue weighted by atomic mass is 10.00. The maximum Gasteiger partial charge on any atom is 0.154 e. The number of para-hydroxylation sites is 1. The first-order valence-electron chi connectivity index (χ1n) is 9.21. The summed E-state index contributed by atoms with van der Waals surface area (Å²) < 4.78 is 11.0. The summed E-state index contributed by atoms with van der Waals surface area (Å²) in [6.07, 6.45) is 4.35. The summed E-state index contributed by atoms with van der Waals surface area (Å²) >= 11 is 0. The van der Waals surface area contributed by atoms with Gasteiger partial charge in [-0.2, -0.15) is 5.10 Å². The van der Waals surface area contributed by atoms with Gasteiger partial charge < -0.3 is 9.47 Å². The monoisotopic (exact) mass is 342 g/mol. The largest absolute Gasteiger partial charge is 0.496 e. The topological polar surface area (TPSA) is 63.3 Å². The van der Waals surface area contributed by atoms with E-state index >= 15 is 0 Å². The zero-order valence-corrected chi connectivity index (χ0v) is 14.8. The number of hydrogen-bond acceptors (Lipinski definition) is 5. The lowest BCUT2D eigenvalue weighted by Crippen LogP contribution is -2.24. The number of aromatic amines is 1. The Labute approximate surface area is 148 Å². The molecular weight excluding hydrogens is 316 g/mol. The molecule has 0 spiro atoms. The molecule has 4 rings (SSSR count). The van der Waals surface area contributed by atoms with Crippen molar-refractivity contribution in [2.24, 2.45) is 0 Å². The van der Waals surface area contributed by atoms with Gasteiger partial charge in [0.1, 0.15) is 11.6 Å². The van der Waals surface area contributed by atoms with Crippen LogP contribution in [0.25, 0.3) is 0 Å². The number of rotatable bonds is 5. The molecule has 1 N–H and O–H groups in total. The van der Waals surface area contributed by atoms with Crippen LogP contribution in [0, 0.1) is 0 Å². The summed E-state index contributed by atoms with van der Waals surface area (Å²) in [4.78, 5) is 7.33. The zero-order valence-electron chi connectivity index (χ0n) is 14.8. The summed E-state index contributed by atoms with van der Waals surface area (Å²) in [6.45, 7) is 3.59. The van der Waals surface area contributed by atoms with Crippen molar-refractivity contribution < 1.29 is 9.47 Å². The predicted octanol–water partition coefficient (Wildman–Crippen LogP) is 3.04. The van der Waals surface area contributed by atoms with E-state index < -0.39 is 0 Å². The average molecular weight is 342 g/mol. The first-order valence-corrected chi connectivity index (χ1v) is 9.21. The summed E-state index contributed by atoms with van der Waals surface area (Å²) in [5.41, 5.74) is 1.22. The molecule has 1 aromatic carbocycles. The van der Waals surface area contributed by atoms with Crippen LogP contribution in [0.5, 0.6) is 5.75 Å². The van der Waals surface area contributed by atoms with Gasteiger partial charge in [-0.05, 0) is 38.3 Å². The van der Waals surface area contributed by atoms with Gasteiger partial charge in [-0.25, -0.2) is 4.98 Å². The van der Waals surface area contributed by atoms with Crippen molar-refractivity contribution in [2.45, 2.75) is 44.2 Å². The standard InChI is InChI=1S/C19H26N4O2/c1-24-17-7-3-2-5-15(17)13-23-10-4-6-16(23)19-20-18(21-22-19)14-8-11-25-12-9-14/h2-3,5,7,14,16H,4,6,8-13H2,1H3,(H,20,21,22)/t16-/m0/s1. The Morgan fingerprint density at radius 1 is 1.24 bits per heavy atom. The molecule has 0 radical (unpaired) electrons. The highest BCUT2D eigenvalue weighted by Crippen LogP contribution is 2.34. The van der Waals surface area contributed by atoms with Crippen molar-refractivity contribution in [1.82, 2.24) is 20.1 Å². The van der Waals surface area contributed by atoms with Gasteiger partial charge in [0, 0.05) is 31.2 Å². The minimum Gasteiger partial charge on any atom is -0.496 e. The lowest BCUT2D eigenvalue weighted by Gasteiger charge is -2.23. The molecule has 1 aromatic heterocycles. The molecule has 2 fully saturated rings. The molecule has 0 saturated carbocycles. The van der Waals surface area contributed by atoms with E-state index in [1.54, 1.807) is 7.11 Å². The van der Waals surface area contributed by atoms with Crippen molar-refractivity contribution in [3.63, 3.8) is 0 Å². The van der Waals surface area contributed by atoms with Gasteiger partial charge in [0.05, 0.1) is 13.2 Å². The predicted molar refractivity (Wildman–Crippen MR) is 94.6 cm³/mol. The highest BCUT2D eigenvalue weighted by atomic mass is 16.5. The second-order valence-corrected chi connectivity index (χ2v) is 6.91. The molecule has 2 aromatic rings. The molecule has 3 heterocycles. The molecule has 2 aliphatic heterocycles. The van der Waals surface area contributed by atoms with Crippen LogP contribution in [-0.2, 0) is 11.3 Å². The minimum absolute atomic E-state index is 0.311. The molecule has 1 atom stereocenters. The van der Waals surface area contributed by atoms with Crippen molar-refractivity contribution >= 4 is 0 Å². The number of ether oxygens (including phenoxy) is 2. The van der Waals surface area contributed by atoms with Crippen LogP contribution in [0.2, 0.25) is 0 Å². The van der Waals surface area contributed by atoms with Crippen LogP contribution in [0.1, 0.15) is 54.9 Å². The fourth-order valence-electron chi connectivity index (χ4n) is 3.95. The molecule has 0 amide bonds. The van der Waals surface area contributed by atoms with E-state index in [1.165, 1.54) is 12.0 Å². The number of aromatic nitrogens is 3. The van der Waals surface area contributed by atoms with Crippen molar-refractivity contribution in [1.29, 1.82) is 0 Å². The highest BCUT2D eigenvalue weighted by molar-refractivity contribution is 5.33. The van der Waals surface area contributed by atoms with E-state index in [1.807, 2.05) is 12.1 Å².